The fraction of sp³-hybridized carbons (Fsp3) is 0.333. The van der Waals surface area contributed by atoms with Crippen LogP contribution in [0.25, 0.3) is 0 Å². The summed E-state index contributed by atoms with van der Waals surface area (Å²) in [5.74, 6) is -0.458. The Balaban J connectivity index is 1.57. The molecule has 2 aromatic rings. The first-order chi connectivity index (χ1) is 11.2. The molecule has 0 spiro atoms. The normalized spacial score (nSPS) is 23.5. The van der Waals surface area contributed by atoms with Gasteiger partial charge >= 0.3 is 5.97 Å². The van der Waals surface area contributed by atoms with Gasteiger partial charge < -0.3 is 9.64 Å². The van der Waals surface area contributed by atoms with Crippen molar-refractivity contribution in [2.24, 2.45) is 0 Å². The fourth-order valence-electron chi connectivity index (χ4n) is 3.46. The monoisotopic (exact) mass is 327 g/mol. The van der Waals surface area contributed by atoms with E-state index < -0.39 is 12.1 Å². The molecule has 5 heteroatoms. The Morgan fingerprint density at radius 2 is 2.09 bits per heavy atom. The van der Waals surface area contributed by atoms with Crippen LogP contribution >= 0.6 is 11.3 Å². The molecule has 1 amide bonds. The second-order valence-corrected chi connectivity index (χ2v) is 6.94. The summed E-state index contributed by atoms with van der Waals surface area (Å²) < 4.78 is 5.43. The molecule has 1 aromatic carbocycles. The van der Waals surface area contributed by atoms with Crippen LogP contribution in [0.3, 0.4) is 0 Å². The van der Waals surface area contributed by atoms with Crippen LogP contribution in [0.4, 0.5) is 0 Å². The van der Waals surface area contributed by atoms with E-state index in [-0.39, 0.29) is 11.9 Å². The summed E-state index contributed by atoms with van der Waals surface area (Å²) in [6, 6.07) is 11.6. The number of fused-ring (bicyclic) bond motifs is 1. The number of cyclic esters (lactones) is 1. The highest BCUT2D eigenvalue weighted by atomic mass is 32.1. The summed E-state index contributed by atoms with van der Waals surface area (Å²) in [5, 5.41) is 2.03. The molecule has 0 bridgehead atoms. The Labute approximate surface area is 138 Å². The first kappa shape index (κ1) is 14.5. The molecule has 0 N–H and O–H groups in total. The number of hydrogen-bond donors (Lipinski definition) is 0. The standard InChI is InChI=1S/C18H17NO3S/c20-17(19-9-3-7-14(19)16-8-4-10-23-16)15-11-12-5-1-2-6-13(12)18(21)22-15/h1-2,4-6,8,10,14-15H,3,7,9,11H2/t14-,15+/m0/s1. The number of ether oxygens (including phenoxy) is 1. The van der Waals surface area contributed by atoms with Crippen molar-refractivity contribution in [2.75, 3.05) is 6.54 Å². The molecule has 2 atom stereocenters. The average molecular weight is 327 g/mol. The first-order valence-corrected chi connectivity index (χ1v) is 8.75. The summed E-state index contributed by atoms with van der Waals surface area (Å²) in [6.45, 7) is 0.733. The van der Waals surface area contributed by atoms with E-state index in [4.69, 9.17) is 4.74 Å². The third kappa shape index (κ3) is 2.55. The Bertz CT molecular complexity index is 740. The maximum Gasteiger partial charge on any atom is 0.339 e. The van der Waals surface area contributed by atoms with Crippen LogP contribution in [-0.2, 0) is 16.0 Å². The maximum absolute atomic E-state index is 12.9. The molecule has 0 saturated carbocycles. The number of amides is 1. The summed E-state index contributed by atoms with van der Waals surface area (Å²) in [5.41, 5.74) is 1.47. The highest BCUT2D eigenvalue weighted by Gasteiger charge is 2.38. The van der Waals surface area contributed by atoms with Gasteiger partial charge in [-0.1, -0.05) is 24.3 Å². The molecule has 4 rings (SSSR count). The van der Waals surface area contributed by atoms with E-state index in [0.717, 1.165) is 24.9 Å². The topological polar surface area (TPSA) is 46.6 Å². The molecule has 4 nitrogen and oxygen atoms in total. The Hall–Kier alpha value is -2.14. The predicted octanol–water partition coefficient (Wildman–Crippen LogP) is 3.19. The van der Waals surface area contributed by atoms with Gasteiger partial charge in [0.2, 0.25) is 0 Å². The first-order valence-electron chi connectivity index (χ1n) is 7.87. The van der Waals surface area contributed by atoms with Gasteiger partial charge in [0.1, 0.15) is 0 Å². The lowest BCUT2D eigenvalue weighted by atomic mass is 9.98. The van der Waals surface area contributed by atoms with Crippen LogP contribution in [-0.4, -0.2) is 29.4 Å². The summed E-state index contributed by atoms with van der Waals surface area (Å²) in [6.07, 6.45) is 1.74. The van der Waals surface area contributed by atoms with E-state index in [1.54, 1.807) is 17.4 Å². The van der Waals surface area contributed by atoms with Crippen molar-refractivity contribution >= 4 is 23.2 Å². The number of thiophene rings is 1. The predicted molar refractivity (Wildman–Crippen MR) is 87.4 cm³/mol. The largest absolute Gasteiger partial charge is 0.448 e. The van der Waals surface area contributed by atoms with Crippen molar-refractivity contribution in [3.05, 3.63) is 57.8 Å². The van der Waals surface area contributed by atoms with Crippen LogP contribution in [0.15, 0.2) is 41.8 Å². The quantitative estimate of drug-likeness (QED) is 0.796. The third-order valence-corrected chi connectivity index (χ3v) is 5.55. The molecule has 1 aromatic heterocycles. The molecule has 118 valence electrons. The van der Waals surface area contributed by atoms with Gasteiger partial charge in [-0.3, -0.25) is 4.79 Å². The van der Waals surface area contributed by atoms with Gasteiger partial charge in [-0.2, -0.15) is 0 Å². The molecular formula is C18H17NO3S. The number of benzene rings is 1. The zero-order valence-electron chi connectivity index (χ0n) is 12.6. The molecule has 3 heterocycles. The van der Waals surface area contributed by atoms with Crippen LogP contribution in [0.2, 0.25) is 0 Å². The smallest absolute Gasteiger partial charge is 0.339 e. The lowest BCUT2D eigenvalue weighted by Gasteiger charge is -2.30. The molecule has 23 heavy (non-hydrogen) atoms. The van der Waals surface area contributed by atoms with E-state index in [9.17, 15) is 9.59 Å². The number of esters is 1. The minimum absolute atomic E-state index is 0.0660. The van der Waals surface area contributed by atoms with Crippen LogP contribution in [0.1, 0.15) is 39.7 Å². The summed E-state index contributed by atoms with van der Waals surface area (Å²) in [7, 11) is 0. The van der Waals surface area contributed by atoms with E-state index in [0.29, 0.717) is 12.0 Å². The van der Waals surface area contributed by atoms with Gasteiger partial charge in [-0.25, -0.2) is 4.79 Å². The van der Waals surface area contributed by atoms with Crippen molar-refractivity contribution < 1.29 is 14.3 Å². The Kier molecular flexibility index (Phi) is 3.65. The number of carbonyl (C=O) groups excluding carboxylic acids is 2. The minimum atomic E-state index is -0.696. The number of hydrogen-bond acceptors (Lipinski definition) is 4. The van der Waals surface area contributed by atoms with Crippen molar-refractivity contribution in [1.82, 2.24) is 4.90 Å². The van der Waals surface area contributed by atoms with Gasteiger partial charge in [-0.15, -0.1) is 11.3 Å². The highest BCUT2D eigenvalue weighted by Crippen LogP contribution is 2.35. The molecule has 2 aliphatic rings. The van der Waals surface area contributed by atoms with Gasteiger partial charge in [0, 0.05) is 17.8 Å². The molecule has 0 radical (unpaired) electrons. The number of likely N-dealkylation sites (tertiary alicyclic amines) is 1. The number of carbonyl (C=O) groups is 2. The lowest BCUT2D eigenvalue weighted by Crippen LogP contribution is -2.44. The molecule has 1 saturated heterocycles. The molecule has 2 aliphatic heterocycles. The van der Waals surface area contributed by atoms with Crippen molar-refractivity contribution in [3.8, 4) is 0 Å². The van der Waals surface area contributed by atoms with E-state index in [2.05, 4.69) is 6.07 Å². The third-order valence-electron chi connectivity index (χ3n) is 4.57. The van der Waals surface area contributed by atoms with Gasteiger partial charge in [-0.05, 0) is 35.9 Å². The van der Waals surface area contributed by atoms with Crippen molar-refractivity contribution in [3.63, 3.8) is 0 Å². The molecular weight excluding hydrogens is 310 g/mol. The van der Waals surface area contributed by atoms with Gasteiger partial charge in [0.15, 0.2) is 6.10 Å². The summed E-state index contributed by atoms with van der Waals surface area (Å²) in [4.78, 5) is 28.1. The summed E-state index contributed by atoms with van der Waals surface area (Å²) >= 11 is 1.68. The van der Waals surface area contributed by atoms with E-state index >= 15 is 0 Å². The highest BCUT2D eigenvalue weighted by molar-refractivity contribution is 7.10. The van der Waals surface area contributed by atoms with E-state index in [1.165, 1.54) is 4.88 Å². The van der Waals surface area contributed by atoms with Crippen molar-refractivity contribution in [2.45, 2.75) is 31.4 Å². The van der Waals surface area contributed by atoms with Crippen LogP contribution in [0.5, 0.6) is 0 Å². The van der Waals surface area contributed by atoms with Gasteiger partial charge in [0.25, 0.3) is 5.91 Å². The average Bonchev–Trinajstić information content (AvgIpc) is 3.25. The maximum atomic E-state index is 12.9. The van der Waals surface area contributed by atoms with Crippen LogP contribution < -0.4 is 0 Å². The minimum Gasteiger partial charge on any atom is -0.448 e. The fourth-order valence-corrected chi connectivity index (χ4v) is 4.33. The SMILES string of the molecule is O=C1O[C@@H](C(=O)N2CCC[C@H]2c2cccs2)Cc2ccccc21. The Morgan fingerprint density at radius 3 is 2.91 bits per heavy atom. The second-order valence-electron chi connectivity index (χ2n) is 5.96. The second kappa shape index (κ2) is 5.81. The number of nitrogens with zero attached hydrogens (tertiary/aromatic N) is 1. The Morgan fingerprint density at radius 1 is 1.22 bits per heavy atom. The molecule has 1 fully saturated rings. The van der Waals surface area contributed by atoms with E-state index in [1.807, 2.05) is 34.5 Å². The zero-order chi connectivity index (χ0) is 15.8. The zero-order valence-corrected chi connectivity index (χ0v) is 13.4. The van der Waals surface area contributed by atoms with Gasteiger partial charge in [0.05, 0.1) is 11.6 Å². The molecule has 0 aliphatic carbocycles. The number of rotatable bonds is 2. The van der Waals surface area contributed by atoms with Crippen molar-refractivity contribution in [1.29, 1.82) is 0 Å². The van der Waals surface area contributed by atoms with Crippen LogP contribution in [0, 0.1) is 0 Å². The lowest BCUT2D eigenvalue weighted by molar-refractivity contribution is -0.142. The molecule has 0 unspecified atom stereocenters.